The van der Waals surface area contributed by atoms with Crippen LogP contribution in [0.25, 0.3) is 16.9 Å². The van der Waals surface area contributed by atoms with E-state index in [1.165, 1.54) is 0 Å². The van der Waals surface area contributed by atoms with Crippen molar-refractivity contribution in [2.45, 2.75) is 6.92 Å². The SMILES string of the molecule is Cc1csc(Nc2nccn3c(-c4cnn(C)c4)cnc23)n1. The number of imidazole rings is 1. The fourth-order valence-corrected chi connectivity index (χ4v) is 2.97. The third-order valence-electron chi connectivity index (χ3n) is 3.27. The van der Waals surface area contributed by atoms with Gasteiger partial charge >= 0.3 is 0 Å². The Bertz CT molecular complexity index is 949. The van der Waals surface area contributed by atoms with Crippen molar-refractivity contribution in [3.05, 3.63) is 42.1 Å². The number of hydrogen-bond donors (Lipinski definition) is 1. The quantitative estimate of drug-likeness (QED) is 0.629. The first-order chi connectivity index (χ1) is 10.7. The van der Waals surface area contributed by atoms with Crippen LogP contribution in [-0.2, 0) is 7.05 Å². The molecule has 0 spiro atoms. The van der Waals surface area contributed by atoms with Gasteiger partial charge < -0.3 is 5.32 Å². The minimum absolute atomic E-state index is 0.687. The van der Waals surface area contributed by atoms with Crippen LogP contribution in [0.3, 0.4) is 0 Å². The third kappa shape index (κ3) is 2.13. The van der Waals surface area contributed by atoms with Gasteiger partial charge in [0, 0.05) is 36.6 Å². The summed E-state index contributed by atoms with van der Waals surface area (Å²) in [4.78, 5) is 13.3. The first-order valence-electron chi connectivity index (χ1n) is 6.71. The monoisotopic (exact) mass is 311 g/mol. The van der Waals surface area contributed by atoms with E-state index in [0.29, 0.717) is 5.82 Å². The van der Waals surface area contributed by atoms with E-state index in [9.17, 15) is 0 Å². The number of rotatable bonds is 3. The number of hydrogen-bond acceptors (Lipinski definition) is 6. The number of nitrogens with zero attached hydrogens (tertiary/aromatic N) is 6. The molecule has 0 aromatic carbocycles. The smallest absolute Gasteiger partial charge is 0.188 e. The van der Waals surface area contributed by atoms with Crippen molar-refractivity contribution in [3.63, 3.8) is 0 Å². The Morgan fingerprint density at radius 3 is 2.86 bits per heavy atom. The van der Waals surface area contributed by atoms with Crippen molar-refractivity contribution in [2.24, 2.45) is 7.05 Å². The molecule has 0 amide bonds. The van der Waals surface area contributed by atoms with Crippen molar-refractivity contribution < 1.29 is 0 Å². The lowest BCUT2D eigenvalue weighted by atomic mass is 10.3. The molecular weight excluding hydrogens is 298 g/mol. The Labute approximate surface area is 130 Å². The molecule has 4 aromatic rings. The minimum atomic E-state index is 0.687. The molecule has 4 heterocycles. The van der Waals surface area contributed by atoms with Gasteiger partial charge in [-0.1, -0.05) is 0 Å². The second-order valence-electron chi connectivity index (χ2n) is 4.93. The van der Waals surface area contributed by atoms with Crippen LogP contribution >= 0.6 is 11.3 Å². The number of nitrogens with one attached hydrogen (secondary N) is 1. The topological polar surface area (TPSA) is 72.9 Å². The molecule has 110 valence electrons. The lowest BCUT2D eigenvalue weighted by Crippen LogP contribution is -1.98. The normalized spacial score (nSPS) is 11.2. The van der Waals surface area contributed by atoms with Gasteiger partial charge in [-0.05, 0) is 6.92 Å². The summed E-state index contributed by atoms with van der Waals surface area (Å²) in [7, 11) is 1.89. The Morgan fingerprint density at radius 2 is 2.14 bits per heavy atom. The summed E-state index contributed by atoms with van der Waals surface area (Å²) in [6, 6.07) is 0. The maximum absolute atomic E-state index is 4.48. The van der Waals surface area contributed by atoms with Gasteiger partial charge in [-0.2, -0.15) is 5.10 Å². The van der Waals surface area contributed by atoms with Gasteiger partial charge in [0.05, 0.1) is 23.8 Å². The van der Waals surface area contributed by atoms with Crippen LogP contribution in [0.15, 0.2) is 36.4 Å². The van der Waals surface area contributed by atoms with E-state index >= 15 is 0 Å². The molecule has 0 atom stereocenters. The zero-order chi connectivity index (χ0) is 15.1. The largest absolute Gasteiger partial charge is 0.313 e. The van der Waals surface area contributed by atoms with Crippen LogP contribution in [-0.4, -0.2) is 29.1 Å². The molecule has 7 nitrogen and oxygen atoms in total. The molecule has 0 aliphatic heterocycles. The van der Waals surface area contributed by atoms with E-state index < -0.39 is 0 Å². The second-order valence-corrected chi connectivity index (χ2v) is 5.79. The van der Waals surface area contributed by atoms with Crippen LogP contribution in [0.4, 0.5) is 10.9 Å². The summed E-state index contributed by atoms with van der Waals surface area (Å²) in [5.74, 6) is 0.687. The molecule has 8 heteroatoms. The molecule has 0 saturated heterocycles. The van der Waals surface area contributed by atoms with Gasteiger partial charge in [0.1, 0.15) is 0 Å². The summed E-state index contributed by atoms with van der Waals surface area (Å²) in [5.41, 5.74) is 3.73. The Hall–Kier alpha value is -2.74. The van der Waals surface area contributed by atoms with Gasteiger partial charge in [0.2, 0.25) is 0 Å². The molecule has 4 aromatic heterocycles. The Morgan fingerprint density at radius 1 is 1.23 bits per heavy atom. The summed E-state index contributed by atoms with van der Waals surface area (Å²) >= 11 is 1.55. The van der Waals surface area contributed by atoms with E-state index in [1.54, 1.807) is 22.2 Å². The lowest BCUT2D eigenvalue weighted by Gasteiger charge is -2.04. The van der Waals surface area contributed by atoms with Gasteiger partial charge in [-0.25, -0.2) is 15.0 Å². The zero-order valence-corrected chi connectivity index (χ0v) is 12.9. The highest BCUT2D eigenvalue weighted by Crippen LogP contribution is 2.25. The standard InChI is InChI=1S/C14H13N7S/c1-9-8-22-14(18-9)19-12-13-16-6-11(21(13)4-3-15-12)10-5-17-20(2)7-10/h3-8H,1-2H3,(H,15,18,19). The van der Waals surface area contributed by atoms with Crippen molar-refractivity contribution in [2.75, 3.05) is 5.32 Å². The van der Waals surface area contributed by atoms with Gasteiger partial charge in [-0.15, -0.1) is 11.3 Å². The second kappa shape index (κ2) is 4.92. The van der Waals surface area contributed by atoms with E-state index in [0.717, 1.165) is 27.7 Å². The highest BCUT2D eigenvalue weighted by Gasteiger charge is 2.12. The fourth-order valence-electron chi connectivity index (χ4n) is 2.29. The molecule has 0 aliphatic carbocycles. The van der Waals surface area contributed by atoms with Crippen molar-refractivity contribution in [1.82, 2.24) is 29.1 Å². The molecular formula is C14H13N7S. The van der Waals surface area contributed by atoms with Crippen molar-refractivity contribution in [3.8, 4) is 11.3 Å². The minimum Gasteiger partial charge on any atom is -0.313 e. The number of fused-ring (bicyclic) bond motifs is 1. The number of thiazole rings is 1. The molecule has 4 rings (SSSR count). The number of aromatic nitrogens is 6. The average Bonchev–Trinajstić information content (AvgIpc) is 3.19. The molecule has 0 bridgehead atoms. The van der Waals surface area contributed by atoms with Gasteiger partial charge in [0.25, 0.3) is 0 Å². The first-order valence-corrected chi connectivity index (χ1v) is 7.59. The maximum Gasteiger partial charge on any atom is 0.188 e. The summed E-state index contributed by atoms with van der Waals surface area (Å²) < 4.78 is 3.76. The van der Waals surface area contributed by atoms with Crippen LogP contribution in [0.1, 0.15) is 5.69 Å². The van der Waals surface area contributed by atoms with E-state index in [2.05, 4.69) is 25.4 Å². The molecule has 0 saturated carbocycles. The number of anilines is 2. The van der Waals surface area contributed by atoms with Crippen LogP contribution in [0.5, 0.6) is 0 Å². The van der Waals surface area contributed by atoms with Crippen molar-refractivity contribution in [1.29, 1.82) is 0 Å². The molecule has 0 aliphatic rings. The molecule has 1 N–H and O–H groups in total. The van der Waals surface area contributed by atoms with Crippen LogP contribution in [0, 0.1) is 6.92 Å². The van der Waals surface area contributed by atoms with Gasteiger partial charge in [0.15, 0.2) is 16.6 Å². The summed E-state index contributed by atoms with van der Waals surface area (Å²) in [5, 5.41) is 10.2. The molecule has 0 radical (unpaired) electrons. The predicted molar refractivity (Wildman–Crippen MR) is 85.3 cm³/mol. The van der Waals surface area contributed by atoms with E-state index in [1.807, 2.05) is 48.5 Å². The molecule has 0 unspecified atom stereocenters. The number of aryl methyl sites for hydroxylation is 2. The lowest BCUT2D eigenvalue weighted by molar-refractivity contribution is 0.768. The van der Waals surface area contributed by atoms with Crippen LogP contribution in [0.2, 0.25) is 0 Å². The molecule has 0 fully saturated rings. The highest BCUT2D eigenvalue weighted by atomic mass is 32.1. The van der Waals surface area contributed by atoms with Crippen molar-refractivity contribution >= 4 is 27.9 Å². The average molecular weight is 311 g/mol. The Balaban J connectivity index is 1.79. The Kier molecular flexibility index (Phi) is 2.90. The predicted octanol–water partition coefficient (Wildman–Crippen LogP) is 2.64. The summed E-state index contributed by atoms with van der Waals surface area (Å²) in [6.07, 6.45) is 9.24. The highest BCUT2D eigenvalue weighted by molar-refractivity contribution is 7.13. The van der Waals surface area contributed by atoms with E-state index in [-0.39, 0.29) is 0 Å². The fraction of sp³-hybridized carbons (Fsp3) is 0.143. The van der Waals surface area contributed by atoms with Crippen LogP contribution < -0.4 is 5.32 Å². The van der Waals surface area contributed by atoms with Gasteiger partial charge in [-0.3, -0.25) is 9.08 Å². The zero-order valence-electron chi connectivity index (χ0n) is 12.1. The summed E-state index contributed by atoms with van der Waals surface area (Å²) in [6.45, 7) is 1.96. The third-order valence-corrected chi connectivity index (χ3v) is 4.15. The van der Waals surface area contributed by atoms with E-state index in [4.69, 9.17) is 0 Å². The first kappa shape index (κ1) is 13.0. The molecule has 22 heavy (non-hydrogen) atoms. The maximum atomic E-state index is 4.48.